The third-order valence-electron chi connectivity index (χ3n) is 6.13. The van der Waals surface area contributed by atoms with Crippen LogP contribution in [-0.2, 0) is 6.54 Å². The van der Waals surface area contributed by atoms with Gasteiger partial charge in [0.25, 0.3) is 0 Å². The number of fused-ring (bicyclic) bond motifs is 3. The summed E-state index contributed by atoms with van der Waals surface area (Å²) in [6.45, 7) is 4.91. The zero-order chi connectivity index (χ0) is 22.2. The van der Waals surface area contributed by atoms with Gasteiger partial charge < -0.3 is 14.0 Å². The van der Waals surface area contributed by atoms with E-state index in [2.05, 4.69) is 65.1 Å². The van der Waals surface area contributed by atoms with Crippen molar-refractivity contribution in [3.8, 4) is 34.0 Å². The van der Waals surface area contributed by atoms with Gasteiger partial charge in [0.05, 0.1) is 26.3 Å². The normalized spacial score (nSPS) is 11.2. The standard InChI is InChI=1S/C27H25N3O2/c1-17-9-10-19(13-18(17)2)26-23-16-30(15-20-7-5-6-8-25(20)32-4)24-12-11-21(31-3)14-22(24)27(23)29-28-26/h5-14,16H,15H2,1-4H3. The topological polar surface area (TPSA) is 49.2 Å². The monoisotopic (exact) mass is 423 g/mol. The van der Waals surface area contributed by atoms with E-state index >= 15 is 0 Å². The molecule has 0 saturated carbocycles. The molecular formula is C27H25N3O2. The molecule has 2 aliphatic heterocycles. The second-order valence-electron chi connectivity index (χ2n) is 8.06. The van der Waals surface area contributed by atoms with E-state index < -0.39 is 0 Å². The van der Waals surface area contributed by atoms with Crippen molar-refractivity contribution in [3.05, 3.63) is 83.6 Å². The van der Waals surface area contributed by atoms with E-state index in [0.29, 0.717) is 6.54 Å². The van der Waals surface area contributed by atoms with Crippen molar-refractivity contribution in [2.45, 2.75) is 20.4 Å². The fourth-order valence-corrected chi connectivity index (χ4v) is 4.20. The first-order chi connectivity index (χ1) is 15.6. The summed E-state index contributed by atoms with van der Waals surface area (Å²) in [7, 11) is 3.39. The number of nitrogens with zero attached hydrogens (tertiary/aromatic N) is 3. The summed E-state index contributed by atoms with van der Waals surface area (Å²) < 4.78 is 13.3. The molecule has 0 saturated heterocycles. The number of para-hydroxylation sites is 1. The maximum Gasteiger partial charge on any atom is 0.123 e. The van der Waals surface area contributed by atoms with Gasteiger partial charge in [-0.3, -0.25) is 0 Å². The summed E-state index contributed by atoms with van der Waals surface area (Å²) in [5.74, 6) is 1.67. The van der Waals surface area contributed by atoms with Gasteiger partial charge in [-0.1, -0.05) is 30.3 Å². The predicted molar refractivity (Wildman–Crippen MR) is 128 cm³/mol. The molecule has 0 aromatic heterocycles. The van der Waals surface area contributed by atoms with Crippen molar-refractivity contribution >= 4 is 10.9 Å². The average molecular weight is 424 g/mol. The predicted octanol–water partition coefficient (Wildman–Crippen LogP) is 5.89. The van der Waals surface area contributed by atoms with Crippen LogP contribution in [0.1, 0.15) is 16.7 Å². The fraction of sp³-hybridized carbons (Fsp3) is 0.185. The Morgan fingerprint density at radius 1 is 0.812 bits per heavy atom. The number of aryl methyl sites for hydroxylation is 2. The number of rotatable bonds is 5. The van der Waals surface area contributed by atoms with E-state index in [1.807, 2.05) is 30.3 Å². The Hall–Kier alpha value is -3.86. The van der Waals surface area contributed by atoms with Crippen LogP contribution in [0.15, 0.2) is 66.9 Å². The molecule has 0 bridgehead atoms. The van der Waals surface area contributed by atoms with E-state index in [1.165, 1.54) is 11.1 Å². The zero-order valence-corrected chi connectivity index (χ0v) is 18.7. The Balaban J connectivity index is 1.75. The highest BCUT2D eigenvalue weighted by Gasteiger charge is 2.21. The Labute approximate surface area is 187 Å². The molecule has 32 heavy (non-hydrogen) atoms. The van der Waals surface area contributed by atoms with Crippen LogP contribution >= 0.6 is 0 Å². The van der Waals surface area contributed by atoms with E-state index in [4.69, 9.17) is 9.47 Å². The first kappa shape index (κ1) is 20.1. The maximum absolute atomic E-state index is 5.60. The van der Waals surface area contributed by atoms with Crippen LogP contribution in [0.25, 0.3) is 33.4 Å². The van der Waals surface area contributed by atoms with E-state index in [0.717, 1.165) is 50.5 Å². The lowest BCUT2D eigenvalue weighted by Gasteiger charge is -2.17. The Kier molecular flexibility index (Phi) is 5.02. The van der Waals surface area contributed by atoms with Crippen LogP contribution in [0, 0.1) is 13.8 Å². The highest BCUT2D eigenvalue weighted by Crippen LogP contribution is 2.38. The lowest BCUT2D eigenvalue weighted by atomic mass is 9.99. The molecule has 5 nitrogen and oxygen atoms in total. The summed E-state index contributed by atoms with van der Waals surface area (Å²) in [6.07, 6.45) is 2.15. The first-order valence-electron chi connectivity index (χ1n) is 10.6. The van der Waals surface area contributed by atoms with E-state index in [9.17, 15) is 0 Å². The molecule has 0 radical (unpaired) electrons. The van der Waals surface area contributed by atoms with Crippen LogP contribution in [0.5, 0.6) is 11.5 Å². The summed E-state index contributed by atoms with van der Waals surface area (Å²) in [6, 6.07) is 20.6. The van der Waals surface area contributed by atoms with Crippen molar-refractivity contribution in [3.63, 3.8) is 0 Å². The summed E-state index contributed by atoms with van der Waals surface area (Å²) >= 11 is 0. The van der Waals surface area contributed by atoms with Gasteiger partial charge in [-0.2, -0.15) is 0 Å². The van der Waals surface area contributed by atoms with Gasteiger partial charge in [0, 0.05) is 28.3 Å². The Morgan fingerprint density at radius 3 is 2.41 bits per heavy atom. The van der Waals surface area contributed by atoms with E-state index in [1.54, 1.807) is 14.2 Å². The molecule has 2 aliphatic rings. The van der Waals surface area contributed by atoms with Gasteiger partial charge in [0.2, 0.25) is 0 Å². The SMILES string of the molecule is COc1ccc2c(c1)c1nnc(-c3ccc(C)c(C)c3)c-1cn2Cc1ccccc1OC. The molecule has 5 rings (SSSR count). The molecule has 2 heterocycles. The molecule has 0 N–H and O–H groups in total. The molecule has 0 spiro atoms. The molecule has 5 heteroatoms. The van der Waals surface area contributed by atoms with Crippen molar-refractivity contribution in [1.82, 2.24) is 14.8 Å². The largest absolute Gasteiger partial charge is 0.497 e. The number of methoxy groups -OCH3 is 2. The van der Waals surface area contributed by atoms with Crippen LogP contribution in [-0.4, -0.2) is 29.0 Å². The minimum atomic E-state index is 0.667. The summed E-state index contributed by atoms with van der Waals surface area (Å²) in [4.78, 5) is 0. The third kappa shape index (κ3) is 3.36. The highest BCUT2D eigenvalue weighted by molar-refractivity contribution is 5.98. The number of hydrogen-bond donors (Lipinski definition) is 0. The van der Waals surface area contributed by atoms with Crippen LogP contribution in [0.4, 0.5) is 0 Å². The maximum atomic E-state index is 5.60. The molecule has 0 aliphatic carbocycles. The van der Waals surface area contributed by atoms with Crippen molar-refractivity contribution in [2.75, 3.05) is 14.2 Å². The molecule has 3 aromatic rings. The summed E-state index contributed by atoms with van der Waals surface area (Å²) in [5.41, 5.74) is 8.53. The van der Waals surface area contributed by atoms with Crippen LogP contribution in [0.2, 0.25) is 0 Å². The van der Waals surface area contributed by atoms with Gasteiger partial charge in [0.15, 0.2) is 0 Å². The van der Waals surface area contributed by atoms with Crippen molar-refractivity contribution < 1.29 is 9.47 Å². The van der Waals surface area contributed by atoms with Gasteiger partial charge in [-0.15, -0.1) is 10.2 Å². The number of aromatic nitrogens is 3. The second-order valence-corrected chi connectivity index (χ2v) is 8.06. The van der Waals surface area contributed by atoms with E-state index in [-0.39, 0.29) is 0 Å². The molecule has 160 valence electrons. The lowest BCUT2D eigenvalue weighted by Crippen LogP contribution is -2.05. The molecule has 0 amide bonds. The molecule has 0 unspecified atom stereocenters. The van der Waals surface area contributed by atoms with Crippen LogP contribution in [0.3, 0.4) is 0 Å². The number of benzene rings is 3. The van der Waals surface area contributed by atoms with Gasteiger partial charge in [-0.05, 0) is 55.3 Å². The third-order valence-corrected chi connectivity index (χ3v) is 6.13. The summed E-state index contributed by atoms with van der Waals surface area (Å²) in [5, 5.41) is 10.2. The molecule has 0 atom stereocenters. The Bertz CT molecular complexity index is 1400. The zero-order valence-electron chi connectivity index (χ0n) is 18.7. The smallest absolute Gasteiger partial charge is 0.123 e. The van der Waals surface area contributed by atoms with Crippen molar-refractivity contribution in [2.24, 2.45) is 0 Å². The molecular weight excluding hydrogens is 398 g/mol. The van der Waals surface area contributed by atoms with Gasteiger partial charge >= 0.3 is 0 Å². The number of hydrogen-bond acceptors (Lipinski definition) is 4. The number of ether oxygens (including phenoxy) is 2. The quantitative estimate of drug-likeness (QED) is 0.354. The fourth-order valence-electron chi connectivity index (χ4n) is 4.20. The minimum absolute atomic E-state index is 0.667. The lowest BCUT2D eigenvalue weighted by molar-refractivity contribution is 0.408. The first-order valence-corrected chi connectivity index (χ1v) is 10.6. The van der Waals surface area contributed by atoms with Crippen molar-refractivity contribution in [1.29, 1.82) is 0 Å². The van der Waals surface area contributed by atoms with Gasteiger partial charge in [0.1, 0.15) is 22.9 Å². The average Bonchev–Trinajstić information content (AvgIpc) is 3.25. The Morgan fingerprint density at radius 2 is 1.62 bits per heavy atom. The second kappa shape index (κ2) is 8.00. The van der Waals surface area contributed by atoms with Crippen LogP contribution < -0.4 is 9.47 Å². The number of pyridine rings is 1. The minimum Gasteiger partial charge on any atom is -0.497 e. The highest BCUT2D eigenvalue weighted by atomic mass is 16.5. The van der Waals surface area contributed by atoms with Gasteiger partial charge in [-0.25, -0.2) is 0 Å². The molecule has 0 fully saturated rings. The molecule has 3 aromatic carbocycles.